The second kappa shape index (κ2) is 5.75. The fourth-order valence-corrected chi connectivity index (χ4v) is 3.30. The normalized spacial score (nSPS) is 13.9. The Hall–Kier alpha value is -2.68. The van der Waals surface area contributed by atoms with E-state index < -0.39 is 15.7 Å². The first-order chi connectivity index (χ1) is 11.3. The van der Waals surface area contributed by atoms with Crippen molar-refractivity contribution in [2.24, 2.45) is 0 Å². The van der Waals surface area contributed by atoms with Crippen LogP contribution < -0.4 is 14.9 Å². The molecule has 3 rings (SSSR count). The van der Waals surface area contributed by atoms with Gasteiger partial charge < -0.3 is 4.90 Å². The van der Waals surface area contributed by atoms with Crippen molar-refractivity contribution in [3.05, 3.63) is 53.0 Å². The van der Waals surface area contributed by atoms with Gasteiger partial charge in [0.25, 0.3) is 0 Å². The van der Waals surface area contributed by atoms with Crippen LogP contribution in [-0.4, -0.2) is 42.8 Å². The van der Waals surface area contributed by atoms with E-state index >= 15 is 0 Å². The number of hydrogen-bond donors (Lipinski definition) is 0. The van der Waals surface area contributed by atoms with Crippen molar-refractivity contribution in [1.82, 2.24) is 14.5 Å². The first kappa shape index (κ1) is 16.2. The van der Waals surface area contributed by atoms with Gasteiger partial charge in [-0.2, -0.15) is 9.97 Å². The minimum Gasteiger partial charge on any atom is -0.339 e. The molecule has 1 aromatic carbocycles. The van der Waals surface area contributed by atoms with Crippen LogP contribution in [0.25, 0.3) is 5.70 Å². The minimum absolute atomic E-state index is 0.00535. The molecule has 126 valence electrons. The zero-order valence-corrected chi connectivity index (χ0v) is 14.2. The maximum absolute atomic E-state index is 12.3. The molecule has 1 aromatic heterocycles. The molecule has 0 unspecified atom stereocenters. The topological polar surface area (TPSA) is 88.4 Å². The summed E-state index contributed by atoms with van der Waals surface area (Å²) in [6.07, 6.45) is 1.07. The highest BCUT2D eigenvalue weighted by atomic mass is 32.2. The summed E-state index contributed by atoms with van der Waals surface area (Å²) in [7, 11) is -1.82. The van der Waals surface area contributed by atoms with E-state index in [1.54, 1.807) is 11.9 Å². The smallest absolute Gasteiger partial charge is 0.339 e. The first-order valence-electron chi connectivity index (χ1n) is 7.19. The van der Waals surface area contributed by atoms with Gasteiger partial charge in [0, 0.05) is 19.3 Å². The van der Waals surface area contributed by atoms with Gasteiger partial charge in [-0.1, -0.05) is 36.9 Å². The lowest BCUT2D eigenvalue weighted by Crippen LogP contribution is -2.31. The number of nitrogens with zero attached hydrogens (tertiary/aromatic N) is 5. The van der Waals surface area contributed by atoms with Crippen LogP contribution in [0.2, 0.25) is 0 Å². The number of anilines is 2. The van der Waals surface area contributed by atoms with E-state index in [9.17, 15) is 13.2 Å². The quantitative estimate of drug-likeness (QED) is 0.801. The Morgan fingerprint density at radius 3 is 2.54 bits per heavy atom. The van der Waals surface area contributed by atoms with Gasteiger partial charge in [0.05, 0.1) is 12.8 Å². The Kier molecular flexibility index (Phi) is 3.88. The highest BCUT2D eigenvalue weighted by Crippen LogP contribution is 2.26. The van der Waals surface area contributed by atoms with Crippen LogP contribution in [0.5, 0.6) is 0 Å². The van der Waals surface area contributed by atoms with E-state index in [1.807, 2.05) is 30.3 Å². The van der Waals surface area contributed by atoms with E-state index in [4.69, 9.17) is 0 Å². The fraction of sp³-hybridized carbons (Fsp3) is 0.267. The molecule has 0 saturated heterocycles. The molecule has 2 heterocycles. The Labute approximate surface area is 139 Å². The summed E-state index contributed by atoms with van der Waals surface area (Å²) in [6.45, 7) is 4.21. The third-order valence-electron chi connectivity index (χ3n) is 3.66. The van der Waals surface area contributed by atoms with Crippen molar-refractivity contribution in [2.75, 3.05) is 29.1 Å². The number of sulfonamides is 1. The average molecular weight is 347 g/mol. The second-order valence-corrected chi connectivity index (χ2v) is 7.53. The van der Waals surface area contributed by atoms with Crippen molar-refractivity contribution in [1.29, 1.82) is 0 Å². The molecule has 0 spiro atoms. The van der Waals surface area contributed by atoms with Gasteiger partial charge in [-0.15, -0.1) is 0 Å². The van der Waals surface area contributed by atoms with Crippen LogP contribution in [0, 0.1) is 0 Å². The predicted molar refractivity (Wildman–Crippen MR) is 92.4 cm³/mol. The molecule has 0 bridgehead atoms. The maximum atomic E-state index is 12.3. The van der Waals surface area contributed by atoms with Gasteiger partial charge in [0.2, 0.25) is 21.9 Å². The highest BCUT2D eigenvalue weighted by molar-refractivity contribution is 7.92. The SMILES string of the molecule is C=C1CN(S(C)(=O)=O)c2nc(N(C)Cc3ccccc3)nc(=O)n21. The molecule has 8 nitrogen and oxygen atoms in total. The van der Waals surface area contributed by atoms with Crippen LogP contribution in [0.1, 0.15) is 5.56 Å². The molecule has 24 heavy (non-hydrogen) atoms. The summed E-state index contributed by atoms with van der Waals surface area (Å²) in [6, 6.07) is 9.63. The second-order valence-electron chi connectivity index (χ2n) is 5.62. The minimum atomic E-state index is -3.56. The Bertz CT molecular complexity index is 953. The molecule has 0 aliphatic carbocycles. The lowest BCUT2D eigenvalue weighted by Gasteiger charge is -2.19. The van der Waals surface area contributed by atoms with E-state index in [1.165, 1.54) is 0 Å². The number of benzene rings is 1. The Morgan fingerprint density at radius 1 is 1.25 bits per heavy atom. The summed E-state index contributed by atoms with van der Waals surface area (Å²) < 4.78 is 26.0. The zero-order valence-electron chi connectivity index (χ0n) is 13.4. The first-order valence-corrected chi connectivity index (χ1v) is 9.04. The van der Waals surface area contributed by atoms with Crippen LogP contribution in [0.3, 0.4) is 0 Å². The van der Waals surface area contributed by atoms with Crippen molar-refractivity contribution < 1.29 is 8.42 Å². The number of fused-ring (bicyclic) bond motifs is 1. The predicted octanol–water partition coefficient (Wildman–Crippen LogP) is 0.525. The van der Waals surface area contributed by atoms with Gasteiger partial charge in [-0.25, -0.2) is 22.1 Å². The average Bonchev–Trinajstić information content (AvgIpc) is 2.86. The summed E-state index contributed by atoms with van der Waals surface area (Å²) in [5, 5.41) is 0. The fourth-order valence-electron chi connectivity index (χ4n) is 2.50. The molecule has 0 saturated carbocycles. The highest BCUT2D eigenvalue weighted by Gasteiger charge is 2.32. The van der Waals surface area contributed by atoms with E-state index in [2.05, 4.69) is 16.5 Å². The summed E-state index contributed by atoms with van der Waals surface area (Å²) in [5.41, 5.74) is 0.761. The van der Waals surface area contributed by atoms with E-state index in [-0.39, 0.29) is 18.4 Å². The monoisotopic (exact) mass is 347 g/mol. The lowest BCUT2D eigenvalue weighted by atomic mass is 10.2. The standard InChI is InChI=1S/C15H17N5O3S/c1-11-9-19(24(3,22)23)14-16-13(17-15(21)20(11)14)18(2)10-12-7-5-4-6-8-12/h4-8H,1,9-10H2,2-3H3. The number of aromatic nitrogens is 3. The van der Waals surface area contributed by atoms with Gasteiger partial charge in [-0.3, -0.25) is 0 Å². The van der Waals surface area contributed by atoms with E-state index in [0.717, 1.165) is 20.7 Å². The van der Waals surface area contributed by atoms with Crippen molar-refractivity contribution >= 4 is 27.6 Å². The maximum Gasteiger partial charge on any atom is 0.358 e. The van der Waals surface area contributed by atoms with Gasteiger partial charge in [0.1, 0.15) is 0 Å². The Morgan fingerprint density at radius 2 is 1.92 bits per heavy atom. The summed E-state index contributed by atoms with van der Waals surface area (Å²) in [5.74, 6) is 0.191. The molecule has 0 amide bonds. The lowest BCUT2D eigenvalue weighted by molar-refractivity contribution is 0.598. The molecule has 1 aliphatic heterocycles. The van der Waals surface area contributed by atoms with E-state index in [0.29, 0.717) is 12.2 Å². The van der Waals surface area contributed by atoms with Gasteiger partial charge >= 0.3 is 5.69 Å². The molecule has 0 fully saturated rings. The van der Waals surface area contributed by atoms with Gasteiger partial charge in [0.15, 0.2) is 0 Å². The third kappa shape index (κ3) is 2.90. The number of rotatable bonds is 4. The molecule has 1 aliphatic rings. The van der Waals surface area contributed by atoms with Crippen LogP contribution in [-0.2, 0) is 16.6 Å². The third-order valence-corrected chi connectivity index (χ3v) is 4.75. The van der Waals surface area contributed by atoms with Crippen LogP contribution in [0.4, 0.5) is 11.9 Å². The van der Waals surface area contributed by atoms with Crippen LogP contribution >= 0.6 is 0 Å². The Balaban J connectivity index is 2.02. The van der Waals surface area contributed by atoms with Crippen molar-refractivity contribution in [3.63, 3.8) is 0 Å². The molecular weight excluding hydrogens is 330 g/mol. The van der Waals surface area contributed by atoms with Crippen molar-refractivity contribution in [3.8, 4) is 0 Å². The summed E-state index contributed by atoms with van der Waals surface area (Å²) >= 11 is 0. The molecule has 2 aromatic rings. The van der Waals surface area contributed by atoms with Crippen LogP contribution in [0.15, 0.2) is 41.7 Å². The number of hydrogen-bond acceptors (Lipinski definition) is 6. The van der Waals surface area contributed by atoms with Crippen molar-refractivity contribution in [2.45, 2.75) is 6.54 Å². The summed E-state index contributed by atoms with van der Waals surface area (Å²) in [4.78, 5) is 22.2. The molecule has 0 N–H and O–H groups in total. The molecule has 9 heteroatoms. The zero-order chi connectivity index (χ0) is 17.5. The van der Waals surface area contributed by atoms with Gasteiger partial charge in [-0.05, 0) is 5.56 Å². The molecule has 0 radical (unpaired) electrons. The molecular formula is C15H17N5O3S. The largest absolute Gasteiger partial charge is 0.358 e. The molecule has 0 atom stereocenters.